The predicted molar refractivity (Wildman–Crippen MR) is 184 cm³/mol. The Bertz CT molecular complexity index is 2150. The fourth-order valence-corrected chi connectivity index (χ4v) is 7.03. The summed E-state index contributed by atoms with van der Waals surface area (Å²) in [5, 5.41) is 5.03. The molecule has 7 aromatic carbocycles. The predicted octanol–water partition coefficient (Wildman–Crippen LogP) is 11.7. The largest absolute Gasteiger partial charge is 0.310 e. The molecule has 0 saturated carbocycles. The summed E-state index contributed by atoms with van der Waals surface area (Å²) in [7, 11) is 0. The van der Waals surface area contributed by atoms with Crippen molar-refractivity contribution in [3.05, 3.63) is 162 Å². The van der Waals surface area contributed by atoms with Gasteiger partial charge >= 0.3 is 0 Å². The SMILES string of the molecule is Cc1ccc(-c2ccc(N(c3ccc4c(c3)C(C)(C)c3ccccc3-4)c3cc4ccccc4c4ccccc34)cc2)cc1. The summed E-state index contributed by atoms with van der Waals surface area (Å²) < 4.78 is 0. The summed E-state index contributed by atoms with van der Waals surface area (Å²) in [6.07, 6.45) is 0. The summed E-state index contributed by atoms with van der Waals surface area (Å²) in [6, 6.07) is 53.7. The fraction of sp³-hybridized carbons (Fsp3) is 0.0952. The molecule has 1 nitrogen and oxygen atoms in total. The topological polar surface area (TPSA) is 3.24 Å². The van der Waals surface area contributed by atoms with Gasteiger partial charge in [-0.15, -0.1) is 0 Å². The summed E-state index contributed by atoms with van der Waals surface area (Å²) >= 11 is 0. The molecule has 1 aliphatic rings. The van der Waals surface area contributed by atoms with Crippen molar-refractivity contribution < 1.29 is 0 Å². The van der Waals surface area contributed by atoms with Crippen LogP contribution in [0.5, 0.6) is 0 Å². The third-order valence-corrected chi connectivity index (χ3v) is 9.32. The number of anilines is 3. The standard InChI is InChI=1S/C42H33N/c1-28-16-18-29(19-17-28)30-20-22-32(23-21-30)43(41-26-31-10-4-5-11-34(31)35-12-6-7-14-38(35)41)33-24-25-37-36-13-8-9-15-39(36)42(2,3)40(37)27-33/h4-27H,1-3H3. The maximum atomic E-state index is 2.45. The quantitative estimate of drug-likeness (QED) is 0.197. The Kier molecular flexibility index (Phi) is 5.77. The molecule has 206 valence electrons. The van der Waals surface area contributed by atoms with Gasteiger partial charge in [0.05, 0.1) is 5.69 Å². The van der Waals surface area contributed by atoms with Crippen LogP contribution in [0.25, 0.3) is 43.8 Å². The van der Waals surface area contributed by atoms with Crippen LogP contribution in [0.4, 0.5) is 17.1 Å². The van der Waals surface area contributed by atoms with E-state index in [9.17, 15) is 0 Å². The van der Waals surface area contributed by atoms with E-state index in [1.807, 2.05) is 0 Å². The lowest BCUT2D eigenvalue weighted by Crippen LogP contribution is -2.16. The average molecular weight is 552 g/mol. The molecule has 0 bridgehead atoms. The molecule has 43 heavy (non-hydrogen) atoms. The molecule has 1 aliphatic carbocycles. The second-order valence-corrected chi connectivity index (χ2v) is 12.3. The van der Waals surface area contributed by atoms with Crippen molar-refractivity contribution in [2.45, 2.75) is 26.2 Å². The lowest BCUT2D eigenvalue weighted by Gasteiger charge is -2.29. The maximum Gasteiger partial charge on any atom is 0.0546 e. The first-order valence-corrected chi connectivity index (χ1v) is 15.1. The van der Waals surface area contributed by atoms with E-state index < -0.39 is 0 Å². The number of rotatable bonds is 4. The lowest BCUT2D eigenvalue weighted by atomic mass is 9.82. The molecule has 1 heteroatoms. The first-order valence-electron chi connectivity index (χ1n) is 15.1. The van der Waals surface area contributed by atoms with E-state index in [4.69, 9.17) is 0 Å². The van der Waals surface area contributed by atoms with Crippen molar-refractivity contribution in [3.8, 4) is 22.3 Å². The number of fused-ring (bicyclic) bond motifs is 6. The molecular weight excluding hydrogens is 518 g/mol. The Morgan fingerprint density at radius 1 is 0.465 bits per heavy atom. The second-order valence-electron chi connectivity index (χ2n) is 12.3. The third-order valence-electron chi connectivity index (χ3n) is 9.32. The summed E-state index contributed by atoms with van der Waals surface area (Å²) in [5.74, 6) is 0. The van der Waals surface area contributed by atoms with Crippen LogP contribution >= 0.6 is 0 Å². The highest BCUT2D eigenvalue weighted by Gasteiger charge is 2.35. The minimum absolute atomic E-state index is 0.0750. The van der Waals surface area contributed by atoms with E-state index in [2.05, 4.69) is 171 Å². The molecule has 0 amide bonds. The Balaban J connectivity index is 1.36. The van der Waals surface area contributed by atoms with E-state index in [0.29, 0.717) is 0 Å². The van der Waals surface area contributed by atoms with Crippen LogP contribution in [0, 0.1) is 6.92 Å². The van der Waals surface area contributed by atoms with E-state index in [1.54, 1.807) is 0 Å². The monoisotopic (exact) mass is 551 g/mol. The van der Waals surface area contributed by atoms with Crippen LogP contribution in [-0.2, 0) is 5.41 Å². The van der Waals surface area contributed by atoms with Gasteiger partial charge in [0.25, 0.3) is 0 Å². The van der Waals surface area contributed by atoms with Crippen LogP contribution in [0.3, 0.4) is 0 Å². The lowest BCUT2D eigenvalue weighted by molar-refractivity contribution is 0.660. The average Bonchev–Trinajstić information content (AvgIpc) is 3.28. The summed E-state index contributed by atoms with van der Waals surface area (Å²) in [4.78, 5) is 2.45. The van der Waals surface area contributed by atoms with Gasteiger partial charge in [0.15, 0.2) is 0 Å². The van der Waals surface area contributed by atoms with Gasteiger partial charge in [0, 0.05) is 22.2 Å². The van der Waals surface area contributed by atoms with Gasteiger partial charge in [-0.05, 0) is 86.8 Å². The highest BCUT2D eigenvalue weighted by molar-refractivity contribution is 6.14. The zero-order valence-electron chi connectivity index (χ0n) is 24.8. The fourth-order valence-electron chi connectivity index (χ4n) is 7.03. The molecule has 0 atom stereocenters. The van der Waals surface area contributed by atoms with Gasteiger partial charge in [-0.3, -0.25) is 0 Å². The Morgan fingerprint density at radius 2 is 1.05 bits per heavy atom. The van der Waals surface area contributed by atoms with E-state index in [0.717, 1.165) is 5.69 Å². The van der Waals surface area contributed by atoms with Crippen LogP contribution in [-0.4, -0.2) is 0 Å². The van der Waals surface area contributed by atoms with Crippen LogP contribution in [0.15, 0.2) is 146 Å². The van der Waals surface area contributed by atoms with Crippen molar-refractivity contribution in [2.24, 2.45) is 0 Å². The van der Waals surface area contributed by atoms with Gasteiger partial charge in [-0.25, -0.2) is 0 Å². The van der Waals surface area contributed by atoms with Crippen molar-refractivity contribution in [2.75, 3.05) is 4.90 Å². The van der Waals surface area contributed by atoms with E-state index in [1.165, 1.54) is 71.9 Å². The first kappa shape index (κ1) is 25.6. The molecule has 0 aromatic heterocycles. The minimum atomic E-state index is -0.0750. The smallest absolute Gasteiger partial charge is 0.0546 e. The second kappa shape index (κ2) is 9.71. The van der Waals surface area contributed by atoms with Crippen molar-refractivity contribution in [3.63, 3.8) is 0 Å². The normalized spacial score (nSPS) is 13.2. The van der Waals surface area contributed by atoms with Gasteiger partial charge in [-0.1, -0.05) is 135 Å². The van der Waals surface area contributed by atoms with Crippen LogP contribution in [0.2, 0.25) is 0 Å². The molecule has 0 unspecified atom stereocenters. The third kappa shape index (κ3) is 4.07. The molecule has 0 spiro atoms. The van der Waals surface area contributed by atoms with Crippen molar-refractivity contribution in [1.29, 1.82) is 0 Å². The molecule has 7 aromatic rings. The zero-order chi connectivity index (χ0) is 29.1. The summed E-state index contributed by atoms with van der Waals surface area (Å²) in [6.45, 7) is 6.84. The van der Waals surface area contributed by atoms with Gasteiger partial charge in [0.1, 0.15) is 0 Å². The Hall–Kier alpha value is -5.14. The number of nitrogens with zero attached hydrogens (tertiary/aromatic N) is 1. The molecule has 8 rings (SSSR count). The maximum absolute atomic E-state index is 2.45. The highest BCUT2D eigenvalue weighted by Crippen LogP contribution is 2.51. The molecule has 0 aliphatic heterocycles. The molecular formula is C42H33N. The zero-order valence-corrected chi connectivity index (χ0v) is 24.8. The number of aryl methyl sites for hydroxylation is 1. The molecule has 0 radical (unpaired) electrons. The molecule has 0 N–H and O–H groups in total. The summed E-state index contributed by atoms with van der Waals surface area (Å²) in [5.41, 5.74) is 12.6. The van der Waals surface area contributed by atoms with Crippen molar-refractivity contribution >= 4 is 38.6 Å². The molecule has 0 saturated heterocycles. The number of hydrogen-bond donors (Lipinski definition) is 0. The Morgan fingerprint density at radius 3 is 1.81 bits per heavy atom. The van der Waals surface area contributed by atoms with Gasteiger partial charge in [0.2, 0.25) is 0 Å². The van der Waals surface area contributed by atoms with E-state index >= 15 is 0 Å². The molecule has 0 heterocycles. The van der Waals surface area contributed by atoms with Crippen LogP contribution < -0.4 is 4.90 Å². The van der Waals surface area contributed by atoms with Crippen molar-refractivity contribution in [1.82, 2.24) is 0 Å². The van der Waals surface area contributed by atoms with Crippen LogP contribution in [0.1, 0.15) is 30.5 Å². The van der Waals surface area contributed by atoms with Gasteiger partial charge < -0.3 is 4.90 Å². The number of benzene rings is 7. The van der Waals surface area contributed by atoms with Gasteiger partial charge in [-0.2, -0.15) is 0 Å². The van der Waals surface area contributed by atoms with E-state index in [-0.39, 0.29) is 5.41 Å². The highest BCUT2D eigenvalue weighted by atomic mass is 15.1. The first-order chi connectivity index (χ1) is 21.0. The Labute approximate surface area is 253 Å². The number of hydrogen-bond acceptors (Lipinski definition) is 1. The minimum Gasteiger partial charge on any atom is -0.310 e. The molecule has 0 fully saturated rings.